The molecule has 1 N–H and O–H groups in total. The minimum Gasteiger partial charge on any atom is -0.382 e. The average molecular weight is 320 g/mol. The molecule has 0 saturated carbocycles. The first-order chi connectivity index (χ1) is 8.70. The lowest BCUT2D eigenvalue weighted by Gasteiger charge is -2.06. The van der Waals surface area contributed by atoms with Gasteiger partial charge >= 0.3 is 0 Å². The summed E-state index contributed by atoms with van der Waals surface area (Å²) in [6.45, 7) is 5.70. The van der Waals surface area contributed by atoms with Gasteiger partial charge in [0.1, 0.15) is 0 Å². The second-order valence-corrected chi connectivity index (χ2v) is 4.76. The van der Waals surface area contributed by atoms with E-state index in [1.807, 2.05) is 11.7 Å². The van der Waals surface area contributed by atoms with E-state index in [9.17, 15) is 0 Å². The van der Waals surface area contributed by atoms with Crippen LogP contribution >= 0.6 is 15.9 Å². The van der Waals surface area contributed by atoms with Crippen molar-refractivity contribution < 1.29 is 9.47 Å². The van der Waals surface area contributed by atoms with Gasteiger partial charge < -0.3 is 14.8 Å². The number of halogens is 1. The molecule has 0 aliphatic heterocycles. The standard InChI is InChI=1S/C12H22BrN3O2/c1-4-10-12(13)11(16(2)15-10)9-14-5-6-18-8-7-17-3/h14H,4-9H2,1-3H3. The summed E-state index contributed by atoms with van der Waals surface area (Å²) < 4.78 is 13.3. The van der Waals surface area contributed by atoms with Crippen molar-refractivity contribution in [3.8, 4) is 0 Å². The fourth-order valence-electron chi connectivity index (χ4n) is 1.61. The van der Waals surface area contributed by atoms with Crippen molar-refractivity contribution in [2.75, 3.05) is 33.5 Å². The van der Waals surface area contributed by atoms with E-state index >= 15 is 0 Å². The van der Waals surface area contributed by atoms with Gasteiger partial charge in [-0.2, -0.15) is 5.10 Å². The zero-order valence-electron chi connectivity index (χ0n) is 11.3. The van der Waals surface area contributed by atoms with Gasteiger partial charge in [-0.15, -0.1) is 0 Å². The fraction of sp³-hybridized carbons (Fsp3) is 0.750. The molecule has 0 aromatic carbocycles. The SMILES string of the molecule is CCc1nn(C)c(CNCCOCCOC)c1Br. The van der Waals surface area contributed by atoms with Crippen LogP contribution in [-0.4, -0.2) is 43.3 Å². The van der Waals surface area contributed by atoms with Crippen LogP contribution in [-0.2, 0) is 29.5 Å². The molecule has 0 atom stereocenters. The zero-order valence-corrected chi connectivity index (χ0v) is 12.9. The summed E-state index contributed by atoms with van der Waals surface area (Å²) in [6, 6.07) is 0. The molecule has 6 heteroatoms. The van der Waals surface area contributed by atoms with Crippen LogP contribution in [0.15, 0.2) is 4.47 Å². The maximum atomic E-state index is 5.38. The minimum atomic E-state index is 0.646. The Morgan fingerprint density at radius 1 is 1.33 bits per heavy atom. The molecule has 0 fully saturated rings. The number of rotatable bonds is 9. The van der Waals surface area contributed by atoms with E-state index in [2.05, 4.69) is 33.3 Å². The molecule has 1 aromatic heterocycles. The van der Waals surface area contributed by atoms with Crippen LogP contribution in [0.25, 0.3) is 0 Å². The first kappa shape index (κ1) is 15.6. The number of aromatic nitrogens is 2. The largest absolute Gasteiger partial charge is 0.382 e. The van der Waals surface area contributed by atoms with Crippen LogP contribution in [0.3, 0.4) is 0 Å². The molecule has 5 nitrogen and oxygen atoms in total. The molecule has 0 aliphatic rings. The predicted octanol–water partition coefficient (Wildman–Crippen LogP) is 1.50. The second-order valence-electron chi connectivity index (χ2n) is 3.97. The molecule has 104 valence electrons. The highest BCUT2D eigenvalue weighted by Gasteiger charge is 2.11. The van der Waals surface area contributed by atoms with E-state index in [4.69, 9.17) is 9.47 Å². The summed E-state index contributed by atoms with van der Waals surface area (Å²) >= 11 is 3.59. The van der Waals surface area contributed by atoms with Crippen molar-refractivity contribution in [1.82, 2.24) is 15.1 Å². The average Bonchev–Trinajstić information content (AvgIpc) is 2.64. The lowest BCUT2D eigenvalue weighted by Crippen LogP contribution is -2.21. The van der Waals surface area contributed by atoms with Crippen LogP contribution in [0.5, 0.6) is 0 Å². The molecule has 1 rings (SSSR count). The summed E-state index contributed by atoms with van der Waals surface area (Å²) in [4.78, 5) is 0. The van der Waals surface area contributed by atoms with Gasteiger partial charge in [0.15, 0.2) is 0 Å². The number of hydrogen-bond acceptors (Lipinski definition) is 4. The molecule has 18 heavy (non-hydrogen) atoms. The lowest BCUT2D eigenvalue weighted by atomic mass is 10.3. The van der Waals surface area contributed by atoms with E-state index in [0.29, 0.717) is 19.8 Å². The third kappa shape index (κ3) is 4.68. The number of nitrogens with zero attached hydrogens (tertiary/aromatic N) is 2. The van der Waals surface area contributed by atoms with Crippen molar-refractivity contribution in [3.63, 3.8) is 0 Å². The summed E-state index contributed by atoms with van der Waals surface area (Å²) in [7, 11) is 3.64. The van der Waals surface area contributed by atoms with Gasteiger partial charge in [-0.1, -0.05) is 6.92 Å². The molecule has 0 bridgehead atoms. The molecular weight excluding hydrogens is 298 g/mol. The van der Waals surface area contributed by atoms with E-state index in [1.165, 1.54) is 5.69 Å². The number of nitrogens with one attached hydrogen (secondary N) is 1. The highest BCUT2D eigenvalue weighted by molar-refractivity contribution is 9.10. The van der Waals surface area contributed by atoms with Gasteiger partial charge in [0.2, 0.25) is 0 Å². The molecule has 0 spiro atoms. The monoisotopic (exact) mass is 319 g/mol. The Kier molecular flexibility index (Phi) is 7.50. The Morgan fingerprint density at radius 2 is 2.11 bits per heavy atom. The van der Waals surface area contributed by atoms with Crippen molar-refractivity contribution in [2.45, 2.75) is 19.9 Å². The Balaban J connectivity index is 2.25. The molecule has 1 heterocycles. The Morgan fingerprint density at radius 3 is 2.72 bits per heavy atom. The van der Waals surface area contributed by atoms with Crippen molar-refractivity contribution in [1.29, 1.82) is 0 Å². The van der Waals surface area contributed by atoms with E-state index < -0.39 is 0 Å². The topological polar surface area (TPSA) is 48.3 Å². The van der Waals surface area contributed by atoms with Crippen LogP contribution in [0.4, 0.5) is 0 Å². The third-order valence-corrected chi connectivity index (χ3v) is 3.57. The third-order valence-electron chi connectivity index (χ3n) is 2.65. The van der Waals surface area contributed by atoms with Gasteiger partial charge in [-0.3, -0.25) is 4.68 Å². The summed E-state index contributed by atoms with van der Waals surface area (Å²) in [5.74, 6) is 0. The van der Waals surface area contributed by atoms with Gasteiger partial charge in [0, 0.05) is 27.2 Å². The first-order valence-electron chi connectivity index (χ1n) is 6.18. The molecule has 0 saturated heterocycles. The Bertz CT molecular complexity index is 355. The summed E-state index contributed by atoms with van der Waals surface area (Å²) in [5, 5.41) is 7.79. The number of hydrogen-bond donors (Lipinski definition) is 1. The molecule has 0 unspecified atom stereocenters. The molecule has 1 aromatic rings. The Labute approximate surface area is 117 Å². The van der Waals surface area contributed by atoms with E-state index in [1.54, 1.807) is 7.11 Å². The predicted molar refractivity (Wildman–Crippen MR) is 74.7 cm³/mol. The van der Waals surface area contributed by atoms with Gasteiger partial charge in [0.05, 0.1) is 35.7 Å². The number of ether oxygens (including phenoxy) is 2. The van der Waals surface area contributed by atoms with Gasteiger partial charge in [-0.05, 0) is 22.4 Å². The molecular formula is C12H22BrN3O2. The smallest absolute Gasteiger partial charge is 0.0767 e. The summed E-state index contributed by atoms with van der Waals surface area (Å²) in [6.07, 6.45) is 0.939. The van der Waals surface area contributed by atoms with E-state index in [0.717, 1.165) is 29.7 Å². The molecule has 0 radical (unpaired) electrons. The number of aryl methyl sites for hydroxylation is 2. The maximum Gasteiger partial charge on any atom is 0.0767 e. The van der Waals surface area contributed by atoms with Crippen LogP contribution in [0, 0.1) is 0 Å². The summed E-state index contributed by atoms with van der Waals surface area (Å²) in [5.41, 5.74) is 2.27. The quantitative estimate of drug-likeness (QED) is 0.701. The maximum absolute atomic E-state index is 5.38. The van der Waals surface area contributed by atoms with Gasteiger partial charge in [0.25, 0.3) is 0 Å². The highest BCUT2D eigenvalue weighted by atomic mass is 79.9. The van der Waals surface area contributed by atoms with Crippen molar-refractivity contribution in [2.24, 2.45) is 7.05 Å². The molecule has 0 aliphatic carbocycles. The highest BCUT2D eigenvalue weighted by Crippen LogP contribution is 2.21. The van der Waals surface area contributed by atoms with Crippen molar-refractivity contribution >= 4 is 15.9 Å². The Hall–Kier alpha value is -0.430. The van der Waals surface area contributed by atoms with Crippen LogP contribution in [0.1, 0.15) is 18.3 Å². The van der Waals surface area contributed by atoms with E-state index in [-0.39, 0.29) is 0 Å². The van der Waals surface area contributed by atoms with Crippen molar-refractivity contribution in [3.05, 3.63) is 15.9 Å². The molecule has 0 amide bonds. The minimum absolute atomic E-state index is 0.646. The second kappa shape index (κ2) is 8.63. The lowest BCUT2D eigenvalue weighted by molar-refractivity contribution is 0.0718. The van der Waals surface area contributed by atoms with Crippen LogP contribution in [0.2, 0.25) is 0 Å². The fourth-order valence-corrected chi connectivity index (χ4v) is 2.36. The number of methoxy groups -OCH3 is 1. The first-order valence-corrected chi connectivity index (χ1v) is 6.97. The zero-order chi connectivity index (χ0) is 13.4. The van der Waals surface area contributed by atoms with Crippen LogP contribution < -0.4 is 5.32 Å². The normalized spacial score (nSPS) is 11.1. The van der Waals surface area contributed by atoms with Gasteiger partial charge in [-0.25, -0.2) is 0 Å².